The number of hydrogen-bond acceptors (Lipinski definition) is 8. The van der Waals surface area contributed by atoms with Gasteiger partial charge in [0.05, 0.1) is 13.7 Å². The Morgan fingerprint density at radius 3 is 2.29 bits per heavy atom. The molecule has 0 aliphatic carbocycles. The Kier molecular flexibility index (Phi) is 6.48. The summed E-state index contributed by atoms with van der Waals surface area (Å²) in [5.74, 6) is -2.84. The van der Waals surface area contributed by atoms with Gasteiger partial charge in [0.1, 0.15) is 17.9 Å². The highest BCUT2D eigenvalue weighted by Crippen LogP contribution is 2.10. The zero-order valence-corrected chi connectivity index (χ0v) is 15.3. The summed E-state index contributed by atoms with van der Waals surface area (Å²) in [7, 11) is 1.10. The second kappa shape index (κ2) is 8.80. The molecule has 1 heterocycles. The van der Waals surface area contributed by atoms with Crippen LogP contribution >= 0.6 is 0 Å². The van der Waals surface area contributed by atoms with E-state index in [9.17, 15) is 24.0 Å². The normalized spacial score (nSPS) is 10.4. The Balaban J connectivity index is 2.64. The molecule has 0 radical (unpaired) electrons. The summed E-state index contributed by atoms with van der Waals surface area (Å²) < 4.78 is 10.7. The molecule has 0 unspecified atom stereocenters. The number of esters is 2. The van der Waals surface area contributed by atoms with E-state index in [1.165, 1.54) is 0 Å². The molecule has 1 aromatic heterocycles. The summed E-state index contributed by atoms with van der Waals surface area (Å²) in [6.07, 6.45) is 0. The Hall–Kier alpha value is -3.69. The highest BCUT2D eigenvalue weighted by atomic mass is 16.5. The van der Waals surface area contributed by atoms with E-state index in [1.807, 2.05) is 0 Å². The van der Waals surface area contributed by atoms with Crippen LogP contribution in [0.4, 0.5) is 5.82 Å². The lowest BCUT2D eigenvalue weighted by molar-refractivity contribution is -0.141. The van der Waals surface area contributed by atoms with Crippen molar-refractivity contribution < 1.29 is 23.9 Å². The second-order valence-corrected chi connectivity index (χ2v) is 5.79. The lowest BCUT2D eigenvalue weighted by Crippen LogP contribution is -2.46. The number of aromatic nitrogens is 2. The number of Topliss-reactive ketones (excluding diaryl/α,β-unsaturated/α-hetero) is 1. The van der Waals surface area contributed by atoms with Gasteiger partial charge in [-0.1, -0.05) is 30.3 Å². The van der Waals surface area contributed by atoms with Crippen LogP contribution in [0.3, 0.4) is 0 Å². The molecule has 0 saturated carbocycles. The Bertz CT molecular complexity index is 1020. The van der Waals surface area contributed by atoms with Crippen molar-refractivity contribution in [2.75, 3.05) is 19.5 Å². The van der Waals surface area contributed by atoms with Gasteiger partial charge in [-0.25, -0.2) is 9.36 Å². The highest BCUT2D eigenvalue weighted by molar-refractivity contribution is 6.01. The molecule has 0 spiro atoms. The minimum atomic E-state index is -1.06. The van der Waals surface area contributed by atoms with Crippen molar-refractivity contribution in [3.63, 3.8) is 0 Å². The number of rotatable bonds is 7. The fourth-order valence-corrected chi connectivity index (χ4v) is 2.47. The van der Waals surface area contributed by atoms with E-state index < -0.39 is 47.7 Å². The van der Waals surface area contributed by atoms with Crippen molar-refractivity contribution in [3.05, 3.63) is 62.3 Å². The highest BCUT2D eigenvalue weighted by Gasteiger charge is 2.24. The van der Waals surface area contributed by atoms with Gasteiger partial charge >= 0.3 is 17.6 Å². The molecule has 1 aromatic carbocycles. The van der Waals surface area contributed by atoms with Crippen molar-refractivity contribution in [1.29, 1.82) is 0 Å². The van der Waals surface area contributed by atoms with Crippen LogP contribution in [0.5, 0.6) is 0 Å². The molecule has 0 fully saturated rings. The predicted molar refractivity (Wildman–Crippen MR) is 97.9 cm³/mol. The number of benzene rings is 1. The third-order valence-electron chi connectivity index (χ3n) is 3.85. The third-order valence-corrected chi connectivity index (χ3v) is 3.85. The zero-order chi connectivity index (χ0) is 20.8. The number of methoxy groups -OCH3 is 1. The topological polar surface area (TPSA) is 140 Å². The first-order valence-corrected chi connectivity index (χ1v) is 8.16. The van der Waals surface area contributed by atoms with E-state index in [4.69, 9.17) is 5.73 Å². The maximum atomic E-state index is 12.7. The van der Waals surface area contributed by atoms with Crippen LogP contribution in [0.1, 0.15) is 22.8 Å². The fourth-order valence-electron chi connectivity index (χ4n) is 2.47. The van der Waals surface area contributed by atoms with Crippen LogP contribution in [0.2, 0.25) is 0 Å². The van der Waals surface area contributed by atoms with Crippen LogP contribution < -0.4 is 17.0 Å². The number of ketones is 1. The molecule has 0 bridgehead atoms. The molecule has 2 N–H and O–H groups in total. The minimum Gasteiger partial charge on any atom is -0.468 e. The molecule has 148 valence electrons. The monoisotopic (exact) mass is 389 g/mol. The zero-order valence-electron chi connectivity index (χ0n) is 15.3. The number of nitrogen functional groups attached to an aromatic ring is 1. The standard InChI is InChI=1S/C18H19N3O7/c1-11(22)28-10-13(23)15-16(19)20(8-12-6-4-3-5-7-12)18(26)21(17(15)25)9-14(24)27-2/h3-7H,8-10,19H2,1-2H3. The van der Waals surface area contributed by atoms with Crippen molar-refractivity contribution in [2.24, 2.45) is 0 Å². The number of anilines is 1. The van der Waals surface area contributed by atoms with E-state index in [-0.39, 0.29) is 12.4 Å². The van der Waals surface area contributed by atoms with Gasteiger partial charge in [0, 0.05) is 6.92 Å². The summed E-state index contributed by atoms with van der Waals surface area (Å²) in [5, 5.41) is 0. The Labute approximate surface area is 159 Å². The maximum absolute atomic E-state index is 12.7. The van der Waals surface area contributed by atoms with Gasteiger partial charge in [-0.3, -0.25) is 23.7 Å². The van der Waals surface area contributed by atoms with Crippen LogP contribution in [-0.2, 0) is 32.2 Å². The van der Waals surface area contributed by atoms with E-state index >= 15 is 0 Å². The van der Waals surface area contributed by atoms with Gasteiger partial charge in [-0.15, -0.1) is 0 Å². The SMILES string of the molecule is COC(=O)Cn1c(=O)c(C(=O)COC(C)=O)c(N)n(Cc2ccccc2)c1=O. The summed E-state index contributed by atoms with van der Waals surface area (Å²) >= 11 is 0. The molecule has 2 rings (SSSR count). The fraction of sp³-hybridized carbons (Fsp3) is 0.278. The van der Waals surface area contributed by atoms with Gasteiger partial charge < -0.3 is 15.2 Å². The van der Waals surface area contributed by atoms with Gasteiger partial charge in [0.15, 0.2) is 6.61 Å². The molecular weight excluding hydrogens is 370 g/mol. The minimum absolute atomic E-state index is 0.0409. The van der Waals surface area contributed by atoms with Crippen molar-refractivity contribution in [1.82, 2.24) is 9.13 Å². The largest absolute Gasteiger partial charge is 0.468 e. The van der Waals surface area contributed by atoms with Crippen molar-refractivity contribution in [3.8, 4) is 0 Å². The van der Waals surface area contributed by atoms with Crippen LogP contribution in [0.15, 0.2) is 39.9 Å². The van der Waals surface area contributed by atoms with Gasteiger partial charge in [-0.2, -0.15) is 0 Å². The number of nitrogens with two attached hydrogens (primary N) is 1. The van der Waals surface area contributed by atoms with Gasteiger partial charge in [0.2, 0.25) is 5.78 Å². The molecule has 10 nitrogen and oxygen atoms in total. The van der Waals surface area contributed by atoms with Crippen molar-refractivity contribution in [2.45, 2.75) is 20.0 Å². The maximum Gasteiger partial charge on any atom is 0.333 e. The molecule has 28 heavy (non-hydrogen) atoms. The van der Waals surface area contributed by atoms with Gasteiger partial charge in [0.25, 0.3) is 5.56 Å². The predicted octanol–water partition coefficient (Wildman–Crippen LogP) is -0.441. The summed E-state index contributed by atoms with van der Waals surface area (Å²) in [4.78, 5) is 60.4. The smallest absolute Gasteiger partial charge is 0.333 e. The summed E-state index contributed by atoms with van der Waals surface area (Å²) in [5.41, 5.74) is 4.15. The van der Waals surface area contributed by atoms with Crippen LogP contribution in [-0.4, -0.2) is 40.6 Å². The average molecular weight is 389 g/mol. The Morgan fingerprint density at radius 1 is 1.07 bits per heavy atom. The molecule has 0 aliphatic heterocycles. The summed E-state index contributed by atoms with van der Waals surface area (Å²) in [6.45, 7) is -0.364. The quantitative estimate of drug-likeness (QED) is 0.496. The third kappa shape index (κ3) is 4.53. The summed E-state index contributed by atoms with van der Waals surface area (Å²) in [6, 6.07) is 8.72. The molecular formula is C18H19N3O7. The van der Waals surface area contributed by atoms with Crippen LogP contribution in [0.25, 0.3) is 0 Å². The number of ether oxygens (including phenoxy) is 2. The van der Waals surface area contributed by atoms with E-state index in [2.05, 4.69) is 9.47 Å². The second-order valence-electron chi connectivity index (χ2n) is 5.79. The first-order valence-electron chi connectivity index (χ1n) is 8.16. The van der Waals surface area contributed by atoms with Crippen LogP contribution in [0, 0.1) is 0 Å². The first kappa shape index (κ1) is 20.6. The lowest BCUT2D eigenvalue weighted by Gasteiger charge is -2.16. The molecule has 0 amide bonds. The van der Waals surface area contributed by atoms with Crippen molar-refractivity contribution >= 4 is 23.5 Å². The molecule has 0 atom stereocenters. The Morgan fingerprint density at radius 2 is 1.71 bits per heavy atom. The number of carbonyl (C=O) groups is 3. The number of nitrogens with zero attached hydrogens (tertiary/aromatic N) is 2. The molecule has 2 aromatic rings. The van der Waals surface area contributed by atoms with E-state index in [1.54, 1.807) is 30.3 Å². The van der Waals surface area contributed by atoms with Gasteiger partial charge in [-0.05, 0) is 5.56 Å². The molecule has 0 saturated heterocycles. The number of hydrogen-bond donors (Lipinski definition) is 1. The van der Waals surface area contributed by atoms with E-state index in [0.29, 0.717) is 10.1 Å². The number of carbonyl (C=O) groups excluding carboxylic acids is 3. The average Bonchev–Trinajstić information content (AvgIpc) is 2.67. The molecule has 0 aliphatic rings. The molecule has 10 heteroatoms. The van der Waals surface area contributed by atoms with E-state index in [0.717, 1.165) is 18.6 Å². The first-order chi connectivity index (χ1) is 13.3. The lowest BCUT2D eigenvalue weighted by atomic mass is 10.2.